The van der Waals surface area contributed by atoms with E-state index in [1.807, 2.05) is 24.3 Å². The minimum atomic E-state index is -0.986. The number of hydrogen-bond acceptors (Lipinski definition) is 6. The Labute approximate surface area is 138 Å². The number of halogens is 1. The van der Waals surface area contributed by atoms with Gasteiger partial charge in [-0.2, -0.15) is 0 Å². The molecule has 0 N–H and O–H groups in total. The number of carbonyl (C=O) groups is 2. The van der Waals surface area contributed by atoms with Gasteiger partial charge in [0.15, 0.2) is 6.17 Å². The summed E-state index contributed by atoms with van der Waals surface area (Å²) in [5, 5.41) is 1.53. The molecule has 1 aromatic rings. The van der Waals surface area contributed by atoms with Gasteiger partial charge in [0, 0.05) is 12.0 Å². The molecule has 1 aromatic carbocycles. The van der Waals surface area contributed by atoms with Gasteiger partial charge in [-0.1, -0.05) is 18.2 Å². The Hall–Kier alpha value is -1.99. The van der Waals surface area contributed by atoms with Crippen LogP contribution in [0.2, 0.25) is 0 Å². The molecule has 3 rings (SSSR count). The number of para-hydroxylation sites is 1. The number of alkyl halides is 1. The first-order valence-corrected chi connectivity index (χ1v) is 7.43. The molecule has 3 atom stereocenters. The van der Waals surface area contributed by atoms with Gasteiger partial charge >= 0.3 is 12.1 Å². The summed E-state index contributed by atoms with van der Waals surface area (Å²) in [6.07, 6.45) is -1.16. The molecule has 0 spiro atoms. The Morgan fingerprint density at radius 3 is 2.52 bits per heavy atom. The molecular weight excluding hydrogens is 324 g/mol. The third kappa shape index (κ3) is 2.07. The normalized spacial score (nSPS) is 28.3. The standard InChI is InChI=1S/C15H17ClN2O5/c1-21-12(19)11-8-15(16)9-6-4-5-7-10(9)18(23-3)13(15)17(11)14(20)22-2/h4-7,11,13H,8H2,1-3H3/t11-,13+,15+/m0/s1. The molecule has 1 saturated heterocycles. The van der Waals surface area contributed by atoms with Crippen LogP contribution < -0.4 is 5.06 Å². The number of anilines is 1. The number of methoxy groups -OCH3 is 2. The van der Waals surface area contributed by atoms with E-state index in [9.17, 15) is 9.59 Å². The predicted octanol–water partition coefficient (Wildman–Crippen LogP) is 1.84. The highest BCUT2D eigenvalue weighted by Gasteiger charge is 2.64. The summed E-state index contributed by atoms with van der Waals surface area (Å²) in [7, 11) is 4.01. The highest BCUT2D eigenvalue weighted by Crippen LogP contribution is 2.56. The average molecular weight is 341 g/mol. The van der Waals surface area contributed by atoms with Crippen molar-refractivity contribution in [2.24, 2.45) is 0 Å². The fourth-order valence-electron chi connectivity index (χ4n) is 3.44. The van der Waals surface area contributed by atoms with Crippen LogP contribution in [0.4, 0.5) is 10.5 Å². The Morgan fingerprint density at radius 2 is 1.91 bits per heavy atom. The zero-order valence-corrected chi connectivity index (χ0v) is 13.7. The quantitative estimate of drug-likeness (QED) is 0.604. The van der Waals surface area contributed by atoms with Crippen molar-refractivity contribution >= 4 is 29.4 Å². The van der Waals surface area contributed by atoms with E-state index < -0.39 is 29.1 Å². The summed E-state index contributed by atoms with van der Waals surface area (Å²) in [5.74, 6) is -0.543. The number of esters is 1. The lowest BCUT2D eigenvalue weighted by molar-refractivity contribution is -0.146. The highest BCUT2D eigenvalue weighted by atomic mass is 35.5. The van der Waals surface area contributed by atoms with Crippen LogP contribution in [0, 0.1) is 0 Å². The number of hydrogen-bond donors (Lipinski definition) is 0. The second-order valence-corrected chi connectivity index (χ2v) is 6.06. The number of rotatable bonds is 2. The molecule has 2 aliphatic heterocycles. The zero-order chi connectivity index (χ0) is 16.8. The summed E-state index contributed by atoms with van der Waals surface area (Å²) in [4.78, 5) is 30.2. The molecule has 23 heavy (non-hydrogen) atoms. The van der Waals surface area contributed by atoms with Crippen LogP contribution in [-0.4, -0.2) is 50.5 Å². The van der Waals surface area contributed by atoms with Crippen molar-refractivity contribution in [2.75, 3.05) is 26.4 Å². The van der Waals surface area contributed by atoms with Crippen LogP contribution >= 0.6 is 11.6 Å². The molecule has 0 unspecified atom stereocenters. The van der Waals surface area contributed by atoms with Gasteiger partial charge in [0.05, 0.1) is 27.0 Å². The number of hydroxylamine groups is 1. The van der Waals surface area contributed by atoms with Crippen LogP contribution in [0.15, 0.2) is 24.3 Å². The number of carbonyl (C=O) groups excluding carboxylic acids is 2. The maximum Gasteiger partial charge on any atom is 0.412 e. The Kier molecular flexibility index (Phi) is 3.85. The molecule has 0 aliphatic carbocycles. The minimum absolute atomic E-state index is 0.206. The van der Waals surface area contributed by atoms with Gasteiger partial charge in [0.1, 0.15) is 10.9 Å². The van der Waals surface area contributed by atoms with Crippen LogP contribution in [0.3, 0.4) is 0 Å². The fraction of sp³-hybridized carbons (Fsp3) is 0.467. The van der Waals surface area contributed by atoms with Gasteiger partial charge in [-0.25, -0.2) is 14.7 Å². The lowest BCUT2D eigenvalue weighted by atomic mass is 9.95. The smallest absolute Gasteiger partial charge is 0.412 e. The Morgan fingerprint density at radius 1 is 1.22 bits per heavy atom. The van der Waals surface area contributed by atoms with E-state index in [1.54, 1.807) is 0 Å². The molecule has 2 aliphatic rings. The van der Waals surface area contributed by atoms with Gasteiger partial charge in [-0.3, -0.25) is 9.74 Å². The predicted molar refractivity (Wildman–Crippen MR) is 81.9 cm³/mol. The number of amides is 1. The van der Waals surface area contributed by atoms with Gasteiger partial charge in [-0.15, -0.1) is 11.6 Å². The first-order valence-electron chi connectivity index (χ1n) is 7.05. The van der Waals surface area contributed by atoms with Crippen molar-refractivity contribution in [1.29, 1.82) is 0 Å². The van der Waals surface area contributed by atoms with Crippen LogP contribution in [0.25, 0.3) is 0 Å². The lowest BCUT2D eigenvalue weighted by Crippen LogP contribution is -2.53. The molecule has 1 fully saturated rings. The van der Waals surface area contributed by atoms with Gasteiger partial charge in [0.2, 0.25) is 0 Å². The van der Waals surface area contributed by atoms with Crippen molar-refractivity contribution < 1.29 is 23.9 Å². The number of benzene rings is 1. The summed E-state index contributed by atoms with van der Waals surface area (Å²) in [6.45, 7) is 0. The fourth-order valence-corrected chi connectivity index (χ4v) is 3.94. The Bertz CT molecular complexity index is 655. The van der Waals surface area contributed by atoms with Gasteiger partial charge < -0.3 is 9.47 Å². The van der Waals surface area contributed by atoms with Crippen molar-refractivity contribution in [2.45, 2.75) is 23.5 Å². The van der Waals surface area contributed by atoms with Crippen molar-refractivity contribution in [3.05, 3.63) is 29.8 Å². The van der Waals surface area contributed by atoms with Crippen LogP contribution in [0.5, 0.6) is 0 Å². The Balaban J connectivity index is 2.14. The van der Waals surface area contributed by atoms with Crippen molar-refractivity contribution in [3.8, 4) is 0 Å². The maximum absolute atomic E-state index is 12.3. The lowest BCUT2D eigenvalue weighted by Gasteiger charge is -2.34. The summed E-state index contributed by atoms with van der Waals surface area (Å²) >= 11 is 6.88. The van der Waals surface area contributed by atoms with E-state index in [1.165, 1.54) is 31.3 Å². The van der Waals surface area contributed by atoms with Crippen LogP contribution in [0.1, 0.15) is 12.0 Å². The summed E-state index contributed by atoms with van der Waals surface area (Å²) < 4.78 is 9.66. The molecule has 8 heteroatoms. The molecule has 0 aromatic heterocycles. The molecular formula is C15H17ClN2O5. The second kappa shape index (κ2) is 5.58. The first-order chi connectivity index (χ1) is 11.0. The largest absolute Gasteiger partial charge is 0.467 e. The van der Waals surface area contributed by atoms with E-state index in [-0.39, 0.29) is 6.42 Å². The van der Waals surface area contributed by atoms with E-state index in [0.717, 1.165) is 11.3 Å². The third-order valence-electron chi connectivity index (χ3n) is 4.37. The summed E-state index contributed by atoms with van der Waals surface area (Å²) in [5.41, 5.74) is 1.56. The molecule has 7 nitrogen and oxygen atoms in total. The average Bonchev–Trinajstić information content (AvgIpc) is 3.01. The minimum Gasteiger partial charge on any atom is -0.467 e. The SMILES string of the molecule is COC(=O)[C@@H]1C[C@@]2(Cl)c3ccccc3N(OC)[C@H]2N1C(=O)OC. The maximum atomic E-state index is 12.3. The van der Waals surface area contributed by atoms with Gasteiger partial charge in [0.25, 0.3) is 0 Å². The van der Waals surface area contributed by atoms with E-state index in [2.05, 4.69) is 0 Å². The van der Waals surface area contributed by atoms with E-state index in [4.69, 9.17) is 25.9 Å². The van der Waals surface area contributed by atoms with Crippen molar-refractivity contribution in [1.82, 2.24) is 4.90 Å². The molecule has 0 saturated carbocycles. The highest BCUT2D eigenvalue weighted by molar-refractivity contribution is 6.26. The van der Waals surface area contributed by atoms with Crippen molar-refractivity contribution in [3.63, 3.8) is 0 Å². The molecule has 2 heterocycles. The molecule has 0 radical (unpaired) electrons. The molecule has 1 amide bonds. The topological polar surface area (TPSA) is 68.3 Å². The van der Waals surface area contributed by atoms with Crippen LogP contribution in [-0.2, 0) is 24.0 Å². The van der Waals surface area contributed by atoms with E-state index in [0.29, 0.717) is 0 Å². The second-order valence-electron chi connectivity index (χ2n) is 5.38. The van der Waals surface area contributed by atoms with Gasteiger partial charge in [-0.05, 0) is 6.07 Å². The number of ether oxygens (including phenoxy) is 2. The first kappa shape index (κ1) is 15.9. The zero-order valence-electron chi connectivity index (χ0n) is 13.0. The third-order valence-corrected chi connectivity index (χ3v) is 4.92. The molecule has 124 valence electrons. The van der Waals surface area contributed by atoms with E-state index >= 15 is 0 Å². The number of likely N-dealkylation sites (tertiary alicyclic amines) is 1. The number of fused-ring (bicyclic) bond motifs is 3. The number of nitrogens with zero attached hydrogens (tertiary/aromatic N) is 2. The summed E-state index contributed by atoms with van der Waals surface area (Å²) in [6, 6.07) is 6.58. The monoisotopic (exact) mass is 340 g/mol. The molecule has 0 bridgehead atoms.